The van der Waals surface area contributed by atoms with Crippen LogP contribution in [0.4, 0.5) is 0 Å². The van der Waals surface area contributed by atoms with E-state index in [2.05, 4.69) is 22.0 Å². The van der Waals surface area contributed by atoms with Gasteiger partial charge in [-0.3, -0.25) is 0 Å². The van der Waals surface area contributed by atoms with Gasteiger partial charge < -0.3 is 4.74 Å². The molecular weight excluding hydrogens is 262 g/mol. The van der Waals surface area contributed by atoms with Crippen molar-refractivity contribution in [3.05, 3.63) is 28.2 Å². The molecule has 0 radical (unpaired) electrons. The van der Waals surface area contributed by atoms with Crippen molar-refractivity contribution in [2.75, 3.05) is 19.5 Å². The Hall–Kier alpha value is -0.500. The van der Waals surface area contributed by atoms with Gasteiger partial charge in [0.1, 0.15) is 0 Å². The molecule has 0 spiro atoms. The van der Waals surface area contributed by atoms with Gasteiger partial charge in [-0.2, -0.15) is 5.26 Å². The quantitative estimate of drug-likeness (QED) is 0.624. The van der Waals surface area contributed by atoms with Crippen molar-refractivity contribution in [3.8, 4) is 6.07 Å². The van der Waals surface area contributed by atoms with Crippen molar-refractivity contribution >= 4 is 27.7 Å². The molecule has 0 aliphatic heterocycles. The molecule has 14 heavy (non-hydrogen) atoms. The summed E-state index contributed by atoms with van der Waals surface area (Å²) in [7, 11) is 1.69. The standard InChI is InChI=1S/C10H10BrNOS/c1-13-4-5-14-10-3-2-8(7-12)6-9(10)11/h2-3,6H,4-5H2,1H3. The maximum Gasteiger partial charge on any atom is 0.0992 e. The van der Waals surface area contributed by atoms with E-state index in [0.717, 1.165) is 21.7 Å². The predicted octanol–water partition coefficient (Wildman–Crippen LogP) is 3.06. The Balaban J connectivity index is 2.65. The lowest BCUT2D eigenvalue weighted by Gasteiger charge is -2.03. The monoisotopic (exact) mass is 271 g/mol. The van der Waals surface area contributed by atoms with Crippen LogP contribution >= 0.6 is 27.7 Å². The van der Waals surface area contributed by atoms with Crippen LogP contribution in [-0.4, -0.2) is 19.5 Å². The zero-order valence-electron chi connectivity index (χ0n) is 7.79. The molecular formula is C10H10BrNOS. The number of hydrogen-bond acceptors (Lipinski definition) is 3. The van der Waals surface area contributed by atoms with Gasteiger partial charge in [-0.25, -0.2) is 0 Å². The Labute approximate surface area is 96.4 Å². The summed E-state index contributed by atoms with van der Waals surface area (Å²) >= 11 is 5.14. The second kappa shape index (κ2) is 6.07. The third kappa shape index (κ3) is 3.33. The average Bonchev–Trinajstić information content (AvgIpc) is 2.20. The molecule has 0 aliphatic carbocycles. The van der Waals surface area contributed by atoms with Crippen molar-refractivity contribution in [1.29, 1.82) is 5.26 Å². The van der Waals surface area contributed by atoms with Crippen molar-refractivity contribution in [2.45, 2.75) is 4.90 Å². The summed E-state index contributed by atoms with van der Waals surface area (Å²) in [6.07, 6.45) is 0. The molecule has 1 aromatic rings. The molecule has 0 amide bonds. The third-order valence-corrected chi connectivity index (χ3v) is 3.56. The highest BCUT2D eigenvalue weighted by atomic mass is 79.9. The van der Waals surface area contributed by atoms with Gasteiger partial charge >= 0.3 is 0 Å². The van der Waals surface area contributed by atoms with E-state index < -0.39 is 0 Å². The van der Waals surface area contributed by atoms with Crippen LogP contribution in [0.15, 0.2) is 27.6 Å². The molecule has 0 heterocycles. The summed E-state index contributed by atoms with van der Waals surface area (Å²) in [5.41, 5.74) is 0.674. The van der Waals surface area contributed by atoms with Crippen LogP contribution in [0, 0.1) is 11.3 Å². The van der Waals surface area contributed by atoms with Gasteiger partial charge in [0.15, 0.2) is 0 Å². The van der Waals surface area contributed by atoms with Crippen LogP contribution in [0.25, 0.3) is 0 Å². The fourth-order valence-electron chi connectivity index (χ4n) is 0.922. The fraction of sp³-hybridized carbons (Fsp3) is 0.300. The van der Waals surface area contributed by atoms with Gasteiger partial charge in [0.2, 0.25) is 0 Å². The van der Waals surface area contributed by atoms with Crippen molar-refractivity contribution in [3.63, 3.8) is 0 Å². The van der Waals surface area contributed by atoms with Crippen LogP contribution < -0.4 is 0 Å². The number of hydrogen-bond donors (Lipinski definition) is 0. The van der Waals surface area contributed by atoms with Gasteiger partial charge in [0.05, 0.1) is 18.2 Å². The Morgan fingerprint density at radius 2 is 2.36 bits per heavy atom. The molecule has 2 nitrogen and oxygen atoms in total. The zero-order chi connectivity index (χ0) is 10.4. The molecule has 74 valence electrons. The minimum absolute atomic E-state index is 0.674. The molecule has 0 N–H and O–H groups in total. The van der Waals surface area contributed by atoms with E-state index >= 15 is 0 Å². The lowest BCUT2D eigenvalue weighted by Crippen LogP contribution is -1.91. The van der Waals surface area contributed by atoms with Gasteiger partial charge in [-0.1, -0.05) is 0 Å². The minimum Gasteiger partial charge on any atom is -0.384 e. The van der Waals surface area contributed by atoms with E-state index in [0.29, 0.717) is 5.56 Å². The predicted molar refractivity (Wildman–Crippen MR) is 61.5 cm³/mol. The highest BCUT2D eigenvalue weighted by Gasteiger charge is 2.01. The molecule has 0 atom stereocenters. The normalized spacial score (nSPS) is 9.79. The number of ether oxygens (including phenoxy) is 1. The molecule has 1 aromatic carbocycles. The number of thioether (sulfide) groups is 1. The van der Waals surface area contributed by atoms with Crippen LogP contribution in [0.5, 0.6) is 0 Å². The summed E-state index contributed by atoms with van der Waals surface area (Å²) in [6, 6.07) is 7.69. The maximum atomic E-state index is 8.67. The summed E-state index contributed by atoms with van der Waals surface area (Å²) in [6.45, 7) is 0.733. The van der Waals surface area contributed by atoms with E-state index in [4.69, 9.17) is 10.00 Å². The first-order valence-corrected chi connectivity index (χ1v) is 5.87. The molecule has 0 fully saturated rings. The van der Waals surface area contributed by atoms with Gasteiger partial charge in [-0.05, 0) is 34.1 Å². The van der Waals surface area contributed by atoms with Crippen LogP contribution in [0.2, 0.25) is 0 Å². The number of rotatable bonds is 4. The number of nitriles is 1. The molecule has 0 saturated heterocycles. The lowest BCUT2D eigenvalue weighted by atomic mass is 10.2. The highest BCUT2D eigenvalue weighted by Crippen LogP contribution is 2.27. The summed E-state index contributed by atoms with van der Waals surface area (Å²) in [5, 5.41) is 8.67. The second-order valence-corrected chi connectivity index (χ2v) is 4.59. The lowest BCUT2D eigenvalue weighted by molar-refractivity contribution is 0.218. The Morgan fingerprint density at radius 3 is 2.93 bits per heavy atom. The first kappa shape index (κ1) is 11.6. The largest absolute Gasteiger partial charge is 0.384 e. The topological polar surface area (TPSA) is 33.0 Å². The average molecular weight is 272 g/mol. The van der Waals surface area contributed by atoms with Crippen molar-refractivity contribution in [2.24, 2.45) is 0 Å². The molecule has 0 unspecified atom stereocenters. The minimum atomic E-state index is 0.674. The molecule has 0 saturated carbocycles. The van der Waals surface area contributed by atoms with Crippen LogP contribution in [-0.2, 0) is 4.74 Å². The van der Waals surface area contributed by atoms with Gasteiger partial charge in [0, 0.05) is 22.2 Å². The second-order valence-electron chi connectivity index (χ2n) is 2.60. The Kier molecular flexibility index (Phi) is 5.02. The third-order valence-electron chi connectivity index (χ3n) is 1.61. The first-order valence-electron chi connectivity index (χ1n) is 4.09. The van der Waals surface area contributed by atoms with Crippen LogP contribution in [0.3, 0.4) is 0 Å². The molecule has 0 bridgehead atoms. The number of benzene rings is 1. The van der Waals surface area contributed by atoms with Crippen LogP contribution in [0.1, 0.15) is 5.56 Å². The van der Waals surface area contributed by atoms with E-state index in [1.54, 1.807) is 18.9 Å². The van der Waals surface area contributed by atoms with E-state index in [-0.39, 0.29) is 0 Å². The van der Waals surface area contributed by atoms with Crippen molar-refractivity contribution < 1.29 is 4.74 Å². The van der Waals surface area contributed by atoms with Crippen molar-refractivity contribution in [1.82, 2.24) is 0 Å². The van der Waals surface area contributed by atoms with E-state index in [1.165, 1.54) is 0 Å². The number of halogens is 1. The Bertz CT molecular complexity index is 348. The first-order chi connectivity index (χ1) is 6.77. The molecule has 4 heteroatoms. The maximum absolute atomic E-state index is 8.67. The van der Waals surface area contributed by atoms with E-state index in [1.807, 2.05) is 18.2 Å². The molecule has 0 aromatic heterocycles. The fourth-order valence-corrected chi connectivity index (χ4v) is 2.48. The van der Waals surface area contributed by atoms with Gasteiger partial charge in [0.25, 0.3) is 0 Å². The summed E-state index contributed by atoms with van der Waals surface area (Å²) < 4.78 is 5.93. The van der Waals surface area contributed by atoms with E-state index in [9.17, 15) is 0 Å². The highest BCUT2D eigenvalue weighted by molar-refractivity contribution is 9.10. The smallest absolute Gasteiger partial charge is 0.0992 e. The SMILES string of the molecule is COCCSc1ccc(C#N)cc1Br. The Morgan fingerprint density at radius 1 is 1.57 bits per heavy atom. The van der Waals surface area contributed by atoms with Gasteiger partial charge in [-0.15, -0.1) is 11.8 Å². The molecule has 1 rings (SSSR count). The summed E-state index contributed by atoms with van der Waals surface area (Å²) in [5.74, 6) is 0.918. The number of methoxy groups -OCH3 is 1. The zero-order valence-corrected chi connectivity index (χ0v) is 10.2. The number of nitrogens with zero attached hydrogens (tertiary/aromatic N) is 1. The molecule has 0 aliphatic rings. The summed E-state index contributed by atoms with van der Waals surface area (Å²) in [4.78, 5) is 1.14.